The third-order valence-electron chi connectivity index (χ3n) is 3.64. The number of carbonyl (C=O) groups excluding carboxylic acids is 1. The second kappa shape index (κ2) is 5.48. The summed E-state index contributed by atoms with van der Waals surface area (Å²) in [7, 11) is 0. The minimum absolute atomic E-state index is 0.324. The van der Waals surface area contributed by atoms with E-state index in [1.54, 1.807) is 0 Å². The van der Waals surface area contributed by atoms with Gasteiger partial charge in [0.05, 0.1) is 0 Å². The second-order valence-electron chi connectivity index (χ2n) is 5.42. The number of allylic oxidation sites excluding steroid dienone is 2. The SMILES string of the molecule is CCC(C)(C)CCC(=O)C1=CCCCC1. The van der Waals surface area contributed by atoms with Crippen molar-refractivity contribution in [1.29, 1.82) is 0 Å². The molecule has 1 aliphatic carbocycles. The summed E-state index contributed by atoms with van der Waals surface area (Å²) in [6.45, 7) is 6.69. The normalized spacial score (nSPS) is 17.4. The monoisotopic (exact) mass is 208 g/mol. The van der Waals surface area contributed by atoms with Crippen LogP contribution in [0.4, 0.5) is 0 Å². The highest BCUT2D eigenvalue weighted by Gasteiger charge is 2.19. The maximum Gasteiger partial charge on any atom is 0.158 e. The molecule has 0 saturated carbocycles. The lowest BCUT2D eigenvalue weighted by Crippen LogP contribution is -2.14. The van der Waals surface area contributed by atoms with Gasteiger partial charge in [0.1, 0.15) is 0 Å². The van der Waals surface area contributed by atoms with Crippen LogP contribution in [0.25, 0.3) is 0 Å². The Labute approximate surface area is 93.9 Å². The Balaban J connectivity index is 2.39. The fourth-order valence-corrected chi connectivity index (χ4v) is 1.88. The van der Waals surface area contributed by atoms with Crippen molar-refractivity contribution in [2.45, 2.75) is 65.7 Å². The fourth-order valence-electron chi connectivity index (χ4n) is 1.88. The Morgan fingerprint density at radius 2 is 2.13 bits per heavy atom. The van der Waals surface area contributed by atoms with Crippen molar-refractivity contribution >= 4 is 5.78 Å². The molecule has 0 bridgehead atoms. The molecule has 0 atom stereocenters. The van der Waals surface area contributed by atoms with Crippen LogP contribution in [0.1, 0.15) is 65.7 Å². The molecule has 0 aromatic heterocycles. The van der Waals surface area contributed by atoms with Crippen LogP contribution < -0.4 is 0 Å². The lowest BCUT2D eigenvalue weighted by atomic mass is 9.83. The first kappa shape index (κ1) is 12.5. The van der Waals surface area contributed by atoms with Crippen molar-refractivity contribution in [3.05, 3.63) is 11.6 Å². The topological polar surface area (TPSA) is 17.1 Å². The number of rotatable bonds is 5. The Bertz CT molecular complexity index is 248. The number of Topliss-reactive ketones (excluding diaryl/α,β-unsaturated/α-hetero) is 1. The highest BCUT2D eigenvalue weighted by atomic mass is 16.1. The Kier molecular flexibility index (Phi) is 4.56. The first-order valence-electron chi connectivity index (χ1n) is 6.27. The van der Waals surface area contributed by atoms with Gasteiger partial charge in [-0.05, 0) is 43.1 Å². The molecule has 0 saturated heterocycles. The van der Waals surface area contributed by atoms with Crippen molar-refractivity contribution in [2.75, 3.05) is 0 Å². The second-order valence-corrected chi connectivity index (χ2v) is 5.42. The molecule has 1 rings (SSSR count). The molecule has 86 valence electrons. The molecule has 0 spiro atoms. The van der Waals surface area contributed by atoms with Gasteiger partial charge < -0.3 is 0 Å². The molecule has 15 heavy (non-hydrogen) atoms. The summed E-state index contributed by atoms with van der Waals surface area (Å²) in [5.74, 6) is 0.399. The minimum Gasteiger partial charge on any atom is -0.295 e. The molecule has 1 heteroatoms. The summed E-state index contributed by atoms with van der Waals surface area (Å²) in [5.41, 5.74) is 1.43. The smallest absolute Gasteiger partial charge is 0.158 e. The van der Waals surface area contributed by atoms with Gasteiger partial charge >= 0.3 is 0 Å². The van der Waals surface area contributed by atoms with E-state index in [4.69, 9.17) is 0 Å². The summed E-state index contributed by atoms with van der Waals surface area (Å²) in [6.07, 6.45) is 9.67. The molecule has 1 aliphatic rings. The van der Waals surface area contributed by atoms with E-state index in [1.165, 1.54) is 12.8 Å². The van der Waals surface area contributed by atoms with E-state index < -0.39 is 0 Å². The molecule has 0 unspecified atom stereocenters. The van der Waals surface area contributed by atoms with Gasteiger partial charge in [-0.15, -0.1) is 0 Å². The maximum atomic E-state index is 11.9. The summed E-state index contributed by atoms with van der Waals surface area (Å²) in [4.78, 5) is 11.9. The van der Waals surface area contributed by atoms with Crippen LogP contribution in [0.15, 0.2) is 11.6 Å². The average Bonchev–Trinajstić information content (AvgIpc) is 2.27. The van der Waals surface area contributed by atoms with Gasteiger partial charge in [-0.1, -0.05) is 33.3 Å². The molecular formula is C14H24O. The van der Waals surface area contributed by atoms with Crippen LogP contribution in [0.5, 0.6) is 0 Å². The highest BCUT2D eigenvalue weighted by Crippen LogP contribution is 2.28. The van der Waals surface area contributed by atoms with Crippen LogP contribution in [-0.2, 0) is 4.79 Å². The zero-order valence-corrected chi connectivity index (χ0v) is 10.4. The largest absolute Gasteiger partial charge is 0.295 e. The van der Waals surface area contributed by atoms with Crippen LogP contribution in [0.2, 0.25) is 0 Å². The Morgan fingerprint density at radius 1 is 1.40 bits per heavy atom. The third kappa shape index (κ3) is 4.19. The molecule has 0 aliphatic heterocycles. The van der Waals surface area contributed by atoms with Crippen LogP contribution in [0, 0.1) is 5.41 Å². The van der Waals surface area contributed by atoms with E-state index in [-0.39, 0.29) is 0 Å². The van der Waals surface area contributed by atoms with Crippen molar-refractivity contribution < 1.29 is 4.79 Å². The zero-order valence-electron chi connectivity index (χ0n) is 10.4. The molecule has 0 fully saturated rings. The first-order valence-corrected chi connectivity index (χ1v) is 6.27. The number of ketones is 1. The first-order chi connectivity index (χ1) is 7.05. The van der Waals surface area contributed by atoms with E-state index in [1.807, 2.05) is 0 Å². The van der Waals surface area contributed by atoms with E-state index in [2.05, 4.69) is 26.8 Å². The van der Waals surface area contributed by atoms with E-state index in [0.717, 1.165) is 37.7 Å². The summed E-state index contributed by atoms with van der Waals surface area (Å²) in [5, 5.41) is 0. The molecule has 0 aromatic carbocycles. The fraction of sp³-hybridized carbons (Fsp3) is 0.786. The molecule has 0 radical (unpaired) electrons. The van der Waals surface area contributed by atoms with E-state index >= 15 is 0 Å². The number of carbonyl (C=O) groups is 1. The predicted molar refractivity (Wildman–Crippen MR) is 64.9 cm³/mol. The molecule has 0 N–H and O–H groups in total. The van der Waals surface area contributed by atoms with Crippen molar-refractivity contribution in [3.63, 3.8) is 0 Å². The Hall–Kier alpha value is -0.590. The minimum atomic E-state index is 0.324. The third-order valence-corrected chi connectivity index (χ3v) is 3.64. The molecule has 0 amide bonds. The quantitative estimate of drug-likeness (QED) is 0.659. The summed E-state index contributed by atoms with van der Waals surface area (Å²) < 4.78 is 0. The number of hydrogen-bond donors (Lipinski definition) is 0. The Morgan fingerprint density at radius 3 is 2.67 bits per heavy atom. The van der Waals surface area contributed by atoms with Gasteiger partial charge in [0.25, 0.3) is 0 Å². The van der Waals surface area contributed by atoms with Gasteiger partial charge in [0.2, 0.25) is 0 Å². The van der Waals surface area contributed by atoms with Crippen molar-refractivity contribution in [3.8, 4) is 0 Å². The lowest BCUT2D eigenvalue weighted by Gasteiger charge is -2.22. The van der Waals surface area contributed by atoms with Crippen molar-refractivity contribution in [2.24, 2.45) is 5.41 Å². The molecule has 1 nitrogen and oxygen atoms in total. The molecule has 0 heterocycles. The van der Waals surface area contributed by atoms with E-state index in [9.17, 15) is 4.79 Å². The van der Waals surface area contributed by atoms with Crippen LogP contribution in [-0.4, -0.2) is 5.78 Å². The standard InChI is InChI=1S/C14H24O/c1-4-14(2,3)11-10-13(15)12-8-6-5-7-9-12/h8H,4-7,9-11H2,1-3H3. The molecular weight excluding hydrogens is 184 g/mol. The van der Waals surface area contributed by atoms with Gasteiger partial charge in [-0.3, -0.25) is 4.79 Å². The van der Waals surface area contributed by atoms with Crippen LogP contribution >= 0.6 is 0 Å². The van der Waals surface area contributed by atoms with Gasteiger partial charge in [-0.2, -0.15) is 0 Å². The predicted octanol–water partition coefficient (Wildman–Crippen LogP) is 4.27. The van der Waals surface area contributed by atoms with Gasteiger partial charge in [0, 0.05) is 6.42 Å². The van der Waals surface area contributed by atoms with Gasteiger partial charge in [-0.25, -0.2) is 0 Å². The summed E-state index contributed by atoms with van der Waals surface area (Å²) >= 11 is 0. The van der Waals surface area contributed by atoms with E-state index in [0.29, 0.717) is 11.2 Å². The zero-order chi connectivity index (χ0) is 11.3. The van der Waals surface area contributed by atoms with Crippen LogP contribution in [0.3, 0.4) is 0 Å². The molecule has 0 aromatic rings. The average molecular weight is 208 g/mol. The number of hydrogen-bond acceptors (Lipinski definition) is 1. The van der Waals surface area contributed by atoms with Crippen molar-refractivity contribution in [1.82, 2.24) is 0 Å². The highest BCUT2D eigenvalue weighted by molar-refractivity contribution is 5.95. The lowest BCUT2D eigenvalue weighted by molar-refractivity contribution is -0.116. The summed E-state index contributed by atoms with van der Waals surface area (Å²) in [6, 6.07) is 0. The van der Waals surface area contributed by atoms with Gasteiger partial charge in [0.15, 0.2) is 5.78 Å². The maximum absolute atomic E-state index is 11.9.